The lowest BCUT2D eigenvalue weighted by Crippen LogP contribution is -2.50. The second-order valence-electron chi connectivity index (χ2n) is 13.1. The standard InChI is InChI=1S/C39H68N4O5/c1-3-5-7-9-11-13-15-17-19-24-30-40-36(44)29-28-35(38(46)41-31-25-20-18-16-14-12-10-8-6-4-2)43-37(45)32-42-39(47)48-33-34-26-22-21-23-27-34/h21-23,26-27,35H,3-20,24-25,28-33H2,1-2H3,(H,40,44)(H,41,46)(H,42,47)(H,43,45). The van der Waals surface area contributed by atoms with Gasteiger partial charge in [0.2, 0.25) is 17.7 Å². The number of nitrogens with one attached hydrogen (secondary N) is 4. The summed E-state index contributed by atoms with van der Waals surface area (Å²) in [6, 6.07) is 8.39. The van der Waals surface area contributed by atoms with E-state index in [-0.39, 0.29) is 37.8 Å². The van der Waals surface area contributed by atoms with Gasteiger partial charge < -0.3 is 26.0 Å². The van der Waals surface area contributed by atoms with Crippen molar-refractivity contribution in [3.63, 3.8) is 0 Å². The summed E-state index contributed by atoms with van der Waals surface area (Å²) in [5.41, 5.74) is 0.836. The first kappa shape index (κ1) is 42.9. The second kappa shape index (κ2) is 31.2. The van der Waals surface area contributed by atoms with Crippen LogP contribution < -0.4 is 21.3 Å². The number of hydrogen-bond donors (Lipinski definition) is 4. The summed E-state index contributed by atoms with van der Waals surface area (Å²) in [7, 11) is 0. The number of unbranched alkanes of at least 4 members (excludes halogenated alkanes) is 18. The molecular weight excluding hydrogens is 604 g/mol. The molecule has 4 N–H and O–H groups in total. The van der Waals surface area contributed by atoms with E-state index in [1.807, 2.05) is 30.3 Å². The fourth-order valence-electron chi connectivity index (χ4n) is 5.59. The first-order valence-electron chi connectivity index (χ1n) is 19.2. The van der Waals surface area contributed by atoms with Gasteiger partial charge in [-0.15, -0.1) is 0 Å². The molecule has 0 aliphatic carbocycles. The van der Waals surface area contributed by atoms with Gasteiger partial charge in [0, 0.05) is 19.5 Å². The van der Waals surface area contributed by atoms with Crippen molar-refractivity contribution in [1.82, 2.24) is 21.3 Å². The zero-order valence-corrected chi connectivity index (χ0v) is 30.4. The zero-order valence-electron chi connectivity index (χ0n) is 30.4. The summed E-state index contributed by atoms with van der Waals surface area (Å²) in [6.07, 6.45) is 24.0. The molecule has 1 atom stereocenters. The average Bonchev–Trinajstić information content (AvgIpc) is 3.09. The quantitative estimate of drug-likeness (QED) is 0.0591. The van der Waals surface area contributed by atoms with E-state index in [2.05, 4.69) is 35.1 Å². The SMILES string of the molecule is CCCCCCCCCCCCNC(=O)CCC(NC(=O)CNC(=O)OCc1ccccc1)C(=O)NCCCCCCCCCCCC. The van der Waals surface area contributed by atoms with Gasteiger partial charge in [-0.25, -0.2) is 4.79 Å². The summed E-state index contributed by atoms with van der Waals surface area (Å²) in [5.74, 6) is -0.958. The molecule has 9 nitrogen and oxygen atoms in total. The topological polar surface area (TPSA) is 126 Å². The summed E-state index contributed by atoms with van der Waals surface area (Å²) >= 11 is 0. The van der Waals surface area contributed by atoms with E-state index in [0.29, 0.717) is 13.1 Å². The van der Waals surface area contributed by atoms with Crippen molar-refractivity contribution < 1.29 is 23.9 Å². The summed E-state index contributed by atoms with van der Waals surface area (Å²) < 4.78 is 5.16. The van der Waals surface area contributed by atoms with Crippen LogP contribution in [0.1, 0.15) is 161 Å². The molecule has 274 valence electrons. The molecule has 0 aromatic heterocycles. The number of carbonyl (C=O) groups is 4. The summed E-state index contributed by atoms with van der Waals surface area (Å²) in [4.78, 5) is 50.3. The molecule has 1 aromatic carbocycles. The fraction of sp³-hybridized carbons (Fsp3) is 0.744. The van der Waals surface area contributed by atoms with Crippen LogP contribution in [-0.2, 0) is 25.7 Å². The van der Waals surface area contributed by atoms with Gasteiger partial charge in [-0.2, -0.15) is 0 Å². The molecule has 1 rings (SSSR count). The van der Waals surface area contributed by atoms with Crippen molar-refractivity contribution in [2.24, 2.45) is 0 Å². The first-order valence-corrected chi connectivity index (χ1v) is 19.2. The molecule has 9 heteroatoms. The predicted octanol–water partition coefficient (Wildman–Crippen LogP) is 8.25. The Labute approximate surface area is 291 Å². The highest BCUT2D eigenvalue weighted by atomic mass is 16.5. The maximum absolute atomic E-state index is 13.0. The Balaban J connectivity index is 2.38. The Bertz CT molecular complexity index is 959. The van der Waals surface area contributed by atoms with E-state index < -0.39 is 18.0 Å². The van der Waals surface area contributed by atoms with Gasteiger partial charge in [0.15, 0.2) is 0 Å². The Hall–Kier alpha value is -3.10. The van der Waals surface area contributed by atoms with E-state index in [4.69, 9.17) is 4.74 Å². The van der Waals surface area contributed by atoms with Crippen LogP contribution in [0.5, 0.6) is 0 Å². The third-order valence-electron chi connectivity index (χ3n) is 8.60. The number of alkyl carbamates (subject to hydrolysis) is 1. The van der Waals surface area contributed by atoms with Crippen LogP contribution in [0.15, 0.2) is 30.3 Å². The Morgan fingerprint density at radius 2 is 1.06 bits per heavy atom. The van der Waals surface area contributed by atoms with E-state index in [0.717, 1.165) is 37.7 Å². The smallest absolute Gasteiger partial charge is 0.407 e. The number of hydrogen-bond acceptors (Lipinski definition) is 5. The van der Waals surface area contributed by atoms with Gasteiger partial charge in [-0.3, -0.25) is 14.4 Å². The summed E-state index contributed by atoms with van der Waals surface area (Å²) in [5, 5.41) is 11.0. The lowest BCUT2D eigenvalue weighted by Gasteiger charge is -2.19. The van der Waals surface area contributed by atoms with Crippen molar-refractivity contribution in [2.75, 3.05) is 19.6 Å². The minimum Gasteiger partial charge on any atom is -0.445 e. The average molecular weight is 673 g/mol. The number of carbonyl (C=O) groups excluding carboxylic acids is 4. The first-order chi connectivity index (χ1) is 23.5. The molecule has 48 heavy (non-hydrogen) atoms. The molecule has 0 aliphatic heterocycles. The highest BCUT2D eigenvalue weighted by Crippen LogP contribution is 2.11. The molecular formula is C39H68N4O5. The van der Waals surface area contributed by atoms with Crippen LogP contribution in [0.25, 0.3) is 0 Å². The van der Waals surface area contributed by atoms with Crippen molar-refractivity contribution in [1.29, 1.82) is 0 Å². The van der Waals surface area contributed by atoms with Gasteiger partial charge in [0.1, 0.15) is 19.2 Å². The van der Waals surface area contributed by atoms with Crippen LogP contribution in [0, 0.1) is 0 Å². The van der Waals surface area contributed by atoms with Crippen molar-refractivity contribution >= 4 is 23.8 Å². The van der Waals surface area contributed by atoms with Gasteiger partial charge in [0.05, 0.1) is 0 Å². The van der Waals surface area contributed by atoms with Crippen molar-refractivity contribution in [2.45, 2.75) is 168 Å². The minimum absolute atomic E-state index is 0.0898. The van der Waals surface area contributed by atoms with Crippen LogP contribution in [0.4, 0.5) is 4.79 Å². The molecule has 0 spiro atoms. The van der Waals surface area contributed by atoms with Crippen LogP contribution >= 0.6 is 0 Å². The number of rotatable bonds is 31. The Kier molecular flexibility index (Phi) is 27.9. The van der Waals surface area contributed by atoms with E-state index in [1.165, 1.54) is 96.3 Å². The van der Waals surface area contributed by atoms with Crippen LogP contribution in [0.2, 0.25) is 0 Å². The third-order valence-corrected chi connectivity index (χ3v) is 8.60. The summed E-state index contributed by atoms with van der Waals surface area (Å²) in [6.45, 7) is 5.37. The van der Waals surface area contributed by atoms with Gasteiger partial charge in [-0.05, 0) is 24.8 Å². The van der Waals surface area contributed by atoms with Gasteiger partial charge in [0.25, 0.3) is 0 Å². The van der Waals surface area contributed by atoms with E-state index in [1.54, 1.807) is 0 Å². The lowest BCUT2D eigenvalue weighted by molar-refractivity contribution is -0.129. The van der Waals surface area contributed by atoms with Gasteiger partial charge in [-0.1, -0.05) is 160 Å². The molecule has 0 bridgehead atoms. The molecule has 1 unspecified atom stereocenters. The van der Waals surface area contributed by atoms with Crippen molar-refractivity contribution in [3.8, 4) is 0 Å². The highest BCUT2D eigenvalue weighted by molar-refractivity contribution is 5.90. The molecule has 0 saturated carbocycles. The van der Waals surface area contributed by atoms with Crippen LogP contribution in [0.3, 0.4) is 0 Å². The molecule has 0 saturated heterocycles. The molecule has 0 aliphatic rings. The normalized spacial score (nSPS) is 11.5. The zero-order chi connectivity index (χ0) is 34.9. The largest absolute Gasteiger partial charge is 0.445 e. The minimum atomic E-state index is -0.870. The van der Waals surface area contributed by atoms with Crippen LogP contribution in [-0.4, -0.2) is 49.5 Å². The molecule has 0 heterocycles. The highest BCUT2D eigenvalue weighted by Gasteiger charge is 2.22. The molecule has 1 aromatic rings. The predicted molar refractivity (Wildman–Crippen MR) is 196 cm³/mol. The lowest BCUT2D eigenvalue weighted by atomic mass is 10.1. The molecule has 0 fully saturated rings. The monoisotopic (exact) mass is 673 g/mol. The maximum Gasteiger partial charge on any atom is 0.407 e. The fourth-order valence-corrected chi connectivity index (χ4v) is 5.59. The molecule has 4 amide bonds. The second-order valence-corrected chi connectivity index (χ2v) is 13.1. The Morgan fingerprint density at radius 1 is 0.583 bits per heavy atom. The third kappa shape index (κ3) is 25.9. The van der Waals surface area contributed by atoms with E-state index in [9.17, 15) is 19.2 Å². The number of ether oxygens (including phenoxy) is 1. The number of amides is 4. The number of benzene rings is 1. The van der Waals surface area contributed by atoms with Gasteiger partial charge >= 0.3 is 6.09 Å². The van der Waals surface area contributed by atoms with E-state index >= 15 is 0 Å². The molecule has 0 radical (unpaired) electrons. The van der Waals surface area contributed by atoms with Crippen molar-refractivity contribution in [3.05, 3.63) is 35.9 Å². The Morgan fingerprint density at radius 3 is 1.58 bits per heavy atom. The maximum atomic E-state index is 13.0.